The zero-order valence-electron chi connectivity index (χ0n) is 10.8. The molecule has 5 heteroatoms. The first-order valence-corrected chi connectivity index (χ1v) is 7.16. The van der Waals surface area contributed by atoms with Crippen molar-refractivity contribution in [2.75, 3.05) is 32.7 Å². The maximum Gasteiger partial charge on any atom is 0.317 e. The average molecular weight is 253 g/mol. The number of hydrogen-bond donors (Lipinski definition) is 2. The Morgan fingerprint density at radius 2 is 1.72 bits per heavy atom. The number of carbonyl (C=O) groups is 1. The summed E-state index contributed by atoms with van der Waals surface area (Å²) in [7, 11) is 0. The minimum Gasteiger partial charge on any atom is -0.480 e. The summed E-state index contributed by atoms with van der Waals surface area (Å²) in [4.78, 5) is 15.8. The number of nitrogens with one attached hydrogen (secondary N) is 1. The van der Waals surface area contributed by atoms with E-state index in [-0.39, 0.29) is 6.54 Å². The molecule has 3 fully saturated rings. The second-order valence-corrected chi connectivity index (χ2v) is 5.86. The zero-order valence-corrected chi connectivity index (χ0v) is 10.8. The first-order chi connectivity index (χ1) is 8.74. The third-order valence-electron chi connectivity index (χ3n) is 4.85. The Labute approximate surface area is 108 Å². The number of rotatable bonds is 3. The van der Waals surface area contributed by atoms with Crippen LogP contribution in [0.25, 0.3) is 0 Å². The van der Waals surface area contributed by atoms with E-state index in [0.29, 0.717) is 18.1 Å². The lowest BCUT2D eigenvalue weighted by Crippen LogP contribution is -2.55. The molecule has 0 aromatic heterocycles. The van der Waals surface area contributed by atoms with E-state index < -0.39 is 5.97 Å². The van der Waals surface area contributed by atoms with E-state index in [1.54, 1.807) is 0 Å². The molecule has 3 rings (SSSR count). The molecule has 3 aliphatic rings. The first-order valence-electron chi connectivity index (χ1n) is 7.16. The van der Waals surface area contributed by atoms with Gasteiger partial charge in [0.1, 0.15) is 0 Å². The molecule has 0 saturated carbocycles. The molecule has 2 atom stereocenters. The lowest BCUT2D eigenvalue weighted by Gasteiger charge is -2.44. The standard InChI is InChI=1S/C13H23N3O2/c17-13(18)9-16-10-1-2-11(16)8-12(7-10)15-5-3-14-4-6-15/h10-12,14H,1-9H2,(H,17,18). The minimum absolute atomic E-state index is 0.240. The van der Waals surface area contributed by atoms with Crippen LogP contribution in [-0.2, 0) is 4.79 Å². The summed E-state index contributed by atoms with van der Waals surface area (Å²) in [5.41, 5.74) is 0. The van der Waals surface area contributed by atoms with Crippen molar-refractivity contribution in [3.63, 3.8) is 0 Å². The van der Waals surface area contributed by atoms with Gasteiger partial charge in [-0.2, -0.15) is 0 Å². The van der Waals surface area contributed by atoms with Crippen molar-refractivity contribution < 1.29 is 9.90 Å². The van der Waals surface area contributed by atoms with Crippen molar-refractivity contribution in [3.05, 3.63) is 0 Å². The number of piperazine rings is 1. The van der Waals surface area contributed by atoms with E-state index in [9.17, 15) is 4.79 Å². The summed E-state index contributed by atoms with van der Waals surface area (Å²) >= 11 is 0. The third-order valence-corrected chi connectivity index (χ3v) is 4.85. The van der Waals surface area contributed by atoms with E-state index in [1.165, 1.54) is 25.7 Å². The number of nitrogens with zero attached hydrogens (tertiary/aromatic N) is 2. The summed E-state index contributed by atoms with van der Waals surface area (Å²) in [6, 6.07) is 1.72. The Kier molecular flexibility index (Phi) is 3.54. The van der Waals surface area contributed by atoms with Gasteiger partial charge >= 0.3 is 5.97 Å². The van der Waals surface area contributed by atoms with Gasteiger partial charge in [-0.1, -0.05) is 0 Å². The summed E-state index contributed by atoms with van der Waals surface area (Å²) in [6.07, 6.45) is 4.73. The normalized spacial score (nSPS) is 37.9. The van der Waals surface area contributed by atoms with E-state index in [1.807, 2.05) is 0 Å². The minimum atomic E-state index is -0.674. The fourth-order valence-electron chi connectivity index (χ4n) is 4.01. The summed E-state index contributed by atoms with van der Waals surface area (Å²) in [6.45, 7) is 4.75. The Morgan fingerprint density at radius 3 is 2.28 bits per heavy atom. The highest BCUT2D eigenvalue weighted by Gasteiger charge is 2.42. The molecule has 3 heterocycles. The quantitative estimate of drug-likeness (QED) is 0.740. The van der Waals surface area contributed by atoms with Gasteiger partial charge in [0.25, 0.3) is 0 Å². The molecule has 0 aliphatic carbocycles. The molecule has 0 aromatic rings. The van der Waals surface area contributed by atoms with Gasteiger partial charge in [0.15, 0.2) is 0 Å². The largest absolute Gasteiger partial charge is 0.480 e. The molecular weight excluding hydrogens is 230 g/mol. The van der Waals surface area contributed by atoms with Crippen LogP contribution in [0.5, 0.6) is 0 Å². The molecule has 0 radical (unpaired) electrons. The smallest absolute Gasteiger partial charge is 0.317 e. The van der Waals surface area contributed by atoms with Crippen molar-refractivity contribution in [1.82, 2.24) is 15.1 Å². The molecule has 0 amide bonds. The lowest BCUT2D eigenvalue weighted by molar-refractivity contribution is -0.139. The predicted molar refractivity (Wildman–Crippen MR) is 68.6 cm³/mol. The Hall–Kier alpha value is -0.650. The van der Waals surface area contributed by atoms with E-state index in [4.69, 9.17) is 5.11 Å². The first kappa shape index (κ1) is 12.4. The fourth-order valence-corrected chi connectivity index (χ4v) is 4.01. The van der Waals surface area contributed by atoms with Crippen LogP contribution in [0.1, 0.15) is 25.7 Å². The molecular formula is C13H23N3O2. The van der Waals surface area contributed by atoms with Gasteiger partial charge in [-0.15, -0.1) is 0 Å². The highest BCUT2D eigenvalue weighted by atomic mass is 16.4. The highest BCUT2D eigenvalue weighted by molar-refractivity contribution is 5.69. The maximum absolute atomic E-state index is 10.9. The van der Waals surface area contributed by atoms with Crippen LogP contribution >= 0.6 is 0 Å². The molecule has 102 valence electrons. The van der Waals surface area contributed by atoms with Crippen LogP contribution in [0.3, 0.4) is 0 Å². The zero-order chi connectivity index (χ0) is 12.5. The number of piperidine rings is 1. The van der Waals surface area contributed by atoms with Gasteiger partial charge in [-0.05, 0) is 25.7 Å². The topological polar surface area (TPSA) is 55.8 Å². The van der Waals surface area contributed by atoms with Gasteiger partial charge in [0.2, 0.25) is 0 Å². The Morgan fingerprint density at radius 1 is 1.11 bits per heavy atom. The third kappa shape index (κ3) is 2.39. The number of carboxylic acids is 1. The van der Waals surface area contributed by atoms with Crippen LogP contribution in [-0.4, -0.2) is 71.7 Å². The van der Waals surface area contributed by atoms with Gasteiger partial charge < -0.3 is 10.4 Å². The number of hydrogen-bond acceptors (Lipinski definition) is 4. The van der Waals surface area contributed by atoms with Crippen molar-refractivity contribution >= 4 is 5.97 Å². The van der Waals surface area contributed by atoms with Gasteiger partial charge in [0, 0.05) is 44.3 Å². The van der Waals surface area contributed by atoms with E-state index in [2.05, 4.69) is 15.1 Å². The molecule has 18 heavy (non-hydrogen) atoms. The SMILES string of the molecule is O=C(O)CN1C2CCC1CC(N1CCNCC1)C2. The molecule has 0 aromatic carbocycles. The van der Waals surface area contributed by atoms with Crippen LogP contribution in [0.4, 0.5) is 0 Å². The van der Waals surface area contributed by atoms with Crippen LogP contribution in [0.15, 0.2) is 0 Å². The number of carboxylic acid groups (broad SMARTS) is 1. The fraction of sp³-hybridized carbons (Fsp3) is 0.923. The number of fused-ring (bicyclic) bond motifs is 2. The van der Waals surface area contributed by atoms with Crippen LogP contribution in [0, 0.1) is 0 Å². The summed E-state index contributed by atoms with van der Waals surface area (Å²) < 4.78 is 0. The monoisotopic (exact) mass is 253 g/mol. The molecule has 2 N–H and O–H groups in total. The van der Waals surface area contributed by atoms with Crippen molar-refractivity contribution in [2.24, 2.45) is 0 Å². The molecule has 2 bridgehead atoms. The lowest BCUT2D eigenvalue weighted by atomic mass is 9.95. The van der Waals surface area contributed by atoms with E-state index >= 15 is 0 Å². The average Bonchev–Trinajstić information content (AvgIpc) is 2.62. The Balaban J connectivity index is 1.61. The maximum atomic E-state index is 10.9. The predicted octanol–water partition coefficient (Wildman–Crippen LogP) is -0.0284. The second-order valence-electron chi connectivity index (χ2n) is 5.86. The Bertz CT molecular complexity index is 303. The summed E-state index contributed by atoms with van der Waals surface area (Å²) in [5, 5.41) is 12.4. The van der Waals surface area contributed by atoms with Crippen LogP contribution < -0.4 is 5.32 Å². The molecule has 3 aliphatic heterocycles. The molecule has 0 spiro atoms. The second kappa shape index (κ2) is 5.15. The molecule has 2 unspecified atom stereocenters. The number of aliphatic carboxylic acids is 1. The molecule has 5 nitrogen and oxygen atoms in total. The van der Waals surface area contributed by atoms with Crippen molar-refractivity contribution in [2.45, 2.75) is 43.8 Å². The molecule has 3 saturated heterocycles. The van der Waals surface area contributed by atoms with Crippen molar-refractivity contribution in [1.29, 1.82) is 0 Å². The van der Waals surface area contributed by atoms with Crippen LogP contribution in [0.2, 0.25) is 0 Å². The summed E-state index contributed by atoms with van der Waals surface area (Å²) in [5.74, 6) is -0.674. The van der Waals surface area contributed by atoms with Gasteiger partial charge in [0.05, 0.1) is 6.54 Å². The highest BCUT2D eigenvalue weighted by Crippen LogP contribution is 2.37. The van der Waals surface area contributed by atoms with E-state index in [0.717, 1.165) is 26.2 Å². The van der Waals surface area contributed by atoms with Gasteiger partial charge in [-0.3, -0.25) is 14.6 Å². The van der Waals surface area contributed by atoms with Gasteiger partial charge in [-0.25, -0.2) is 0 Å². The van der Waals surface area contributed by atoms with Crippen molar-refractivity contribution in [3.8, 4) is 0 Å².